The van der Waals surface area contributed by atoms with Crippen molar-refractivity contribution in [3.05, 3.63) is 108 Å². The first-order valence-electron chi connectivity index (χ1n) is 13.5. The van der Waals surface area contributed by atoms with Crippen molar-refractivity contribution in [1.82, 2.24) is 5.43 Å². The Bertz CT molecular complexity index is 1800. The molecular formula is C31H26F2N4O7S. The number of halogens is 2. The maximum Gasteiger partial charge on any atom is 0.264 e. The summed E-state index contributed by atoms with van der Waals surface area (Å²) in [6.45, 7) is -0.352. The number of hydrogen-bond donors (Lipinski definition) is 2. The molecule has 0 bridgehead atoms. The Kier molecular flexibility index (Phi) is 9.53. The number of amides is 2. The van der Waals surface area contributed by atoms with Crippen LogP contribution in [0, 0.1) is 11.6 Å². The number of carbonyl (C=O) groups is 2. The van der Waals surface area contributed by atoms with Gasteiger partial charge in [-0.05, 0) is 90.5 Å². The summed E-state index contributed by atoms with van der Waals surface area (Å²) in [5, 5.41) is 6.48. The SMILES string of the molecule is O=C(CN(c1ccc(F)cc1)S(=O)(=O)c1ccc2c(c1)OCCO2)N/N=C\c1ccc(OCC(=O)Nc2ccc(F)cc2)cc1. The molecule has 0 fully saturated rings. The Morgan fingerprint density at radius 2 is 1.49 bits per heavy atom. The van der Waals surface area contributed by atoms with Gasteiger partial charge in [0.25, 0.3) is 21.8 Å². The van der Waals surface area contributed by atoms with Gasteiger partial charge < -0.3 is 19.5 Å². The molecule has 5 rings (SSSR count). The Morgan fingerprint density at radius 1 is 0.844 bits per heavy atom. The van der Waals surface area contributed by atoms with Crippen LogP contribution in [-0.2, 0) is 19.6 Å². The van der Waals surface area contributed by atoms with Gasteiger partial charge in [-0.3, -0.25) is 13.9 Å². The van der Waals surface area contributed by atoms with Crippen LogP contribution in [0.15, 0.2) is 101 Å². The number of sulfonamides is 1. The summed E-state index contributed by atoms with van der Waals surface area (Å²) in [7, 11) is -4.30. The number of hydrazone groups is 1. The number of hydrogen-bond acceptors (Lipinski definition) is 8. The van der Waals surface area contributed by atoms with Crippen molar-refractivity contribution < 1.29 is 41.0 Å². The van der Waals surface area contributed by atoms with Crippen LogP contribution in [-0.4, -0.2) is 52.8 Å². The van der Waals surface area contributed by atoms with E-state index in [9.17, 15) is 26.8 Å². The van der Waals surface area contributed by atoms with E-state index in [-0.39, 0.29) is 29.5 Å². The van der Waals surface area contributed by atoms with E-state index in [2.05, 4.69) is 15.8 Å². The second-order valence-corrected chi connectivity index (χ2v) is 11.4. The number of nitrogens with one attached hydrogen (secondary N) is 2. The highest BCUT2D eigenvalue weighted by Gasteiger charge is 2.29. The first-order chi connectivity index (χ1) is 21.7. The summed E-state index contributed by atoms with van der Waals surface area (Å²) in [5.74, 6) is -1.14. The summed E-state index contributed by atoms with van der Waals surface area (Å²) < 4.78 is 71.1. The van der Waals surface area contributed by atoms with E-state index in [1.165, 1.54) is 60.8 Å². The van der Waals surface area contributed by atoms with Crippen molar-refractivity contribution in [2.75, 3.05) is 36.0 Å². The molecule has 0 spiro atoms. The quantitative estimate of drug-likeness (QED) is 0.187. The number of nitrogens with zero attached hydrogens (tertiary/aromatic N) is 2. The topological polar surface area (TPSA) is 136 Å². The zero-order valence-electron chi connectivity index (χ0n) is 23.5. The van der Waals surface area contributed by atoms with Gasteiger partial charge in [0, 0.05) is 11.8 Å². The van der Waals surface area contributed by atoms with Crippen LogP contribution >= 0.6 is 0 Å². The summed E-state index contributed by atoms with van der Waals surface area (Å²) in [5.41, 5.74) is 3.36. The molecule has 0 radical (unpaired) electrons. The van der Waals surface area contributed by atoms with Gasteiger partial charge in [-0.15, -0.1) is 0 Å². The maximum absolute atomic E-state index is 13.6. The monoisotopic (exact) mass is 636 g/mol. The minimum atomic E-state index is -4.30. The molecule has 14 heteroatoms. The van der Waals surface area contributed by atoms with Crippen LogP contribution in [0.3, 0.4) is 0 Å². The molecule has 0 unspecified atom stereocenters. The van der Waals surface area contributed by atoms with Gasteiger partial charge in [0.1, 0.15) is 37.1 Å². The highest BCUT2D eigenvalue weighted by atomic mass is 32.2. The van der Waals surface area contributed by atoms with E-state index in [0.717, 1.165) is 16.4 Å². The summed E-state index contributed by atoms with van der Waals surface area (Å²) in [6.07, 6.45) is 1.33. The van der Waals surface area contributed by atoms with Crippen molar-refractivity contribution in [2.24, 2.45) is 5.10 Å². The molecular weight excluding hydrogens is 610 g/mol. The Morgan fingerprint density at radius 3 is 2.18 bits per heavy atom. The van der Waals surface area contributed by atoms with Crippen molar-refractivity contribution >= 4 is 39.4 Å². The van der Waals surface area contributed by atoms with Gasteiger partial charge >= 0.3 is 0 Å². The van der Waals surface area contributed by atoms with Crippen molar-refractivity contribution in [3.8, 4) is 17.2 Å². The Balaban J connectivity index is 1.19. The van der Waals surface area contributed by atoms with Crippen molar-refractivity contribution in [2.45, 2.75) is 4.90 Å². The van der Waals surface area contributed by atoms with E-state index >= 15 is 0 Å². The molecule has 11 nitrogen and oxygen atoms in total. The third-order valence-corrected chi connectivity index (χ3v) is 8.05. The van der Waals surface area contributed by atoms with Gasteiger partial charge in [0.05, 0.1) is 16.8 Å². The highest BCUT2D eigenvalue weighted by Crippen LogP contribution is 2.34. The molecule has 4 aromatic carbocycles. The average molecular weight is 637 g/mol. The molecule has 4 aromatic rings. The molecule has 0 saturated heterocycles. The second kappa shape index (κ2) is 13.9. The van der Waals surface area contributed by atoms with Crippen molar-refractivity contribution in [3.63, 3.8) is 0 Å². The molecule has 1 aliphatic heterocycles. The van der Waals surface area contributed by atoms with E-state index in [4.69, 9.17) is 14.2 Å². The van der Waals surface area contributed by atoms with Crippen LogP contribution in [0.25, 0.3) is 0 Å². The largest absolute Gasteiger partial charge is 0.486 e. The number of ether oxygens (including phenoxy) is 3. The van der Waals surface area contributed by atoms with Crippen LogP contribution in [0.1, 0.15) is 5.56 Å². The third kappa shape index (κ3) is 8.12. The molecule has 2 amide bonds. The maximum atomic E-state index is 13.6. The molecule has 0 saturated carbocycles. The summed E-state index contributed by atoms with van der Waals surface area (Å²) >= 11 is 0. The molecule has 0 aliphatic carbocycles. The van der Waals surface area contributed by atoms with Crippen LogP contribution in [0.5, 0.6) is 17.2 Å². The summed E-state index contributed by atoms with van der Waals surface area (Å²) in [4.78, 5) is 24.7. The molecule has 1 aliphatic rings. The van der Waals surface area contributed by atoms with Gasteiger partial charge in [-0.25, -0.2) is 22.6 Å². The van der Waals surface area contributed by atoms with Crippen LogP contribution in [0.4, 0.5) is 20.2 Å². The molecule has 0 atom stereocenters. The number of carbonyl (C=O) groups excluding carboxylic acids is 2. The minimum absolute atomic E-state index is 0.0624. The molecule has 45 heavy (non-hydrogen) atoms. The predicted molar refractivity (Wildman–Crippen MR) is 161 cm³/mol. The number of benzene rings is 4. The molecule has 1 heterocycles. The normalized spacial score (nSPS) is 12.4. The second-order valence-electron chi connectivity index (χ2n) is 9.50. The molecule has 232 valence electrons. The van der Waals surface area contributed by atoms with Crippen molar-refractivity contribution in [1.29, 1.82) is 0 Å². The Hall–Kier alpha value is -5.50. The molecule has 2 N–H and O–H groups in total. The van der Waals surface area contributed by atoms with Crippen LogP contribution in [0.2, 0.25) is 0 Å². The van der Waals surface area contributed by atoms with Gasteiger partial charge in [0.2, 0.25) is 0 Å². The predicted octanol–water partition coefficient (Wildman–Crippen LogP) is 4.10. The number of anilines is 2. The van der Waals surface area contributed by atoms with Gasteiger partial charge in [-0.1, -0.05) is 0 Å². The number of fused-ring (bicyclic) bond motifs is 1. The van der Waals surface area contributed by atoms with E-state index in [1.807, 2.05) is 0 Å². The zero-order valence-corrected chi connectivity index (χ0v) is 24.3. The Labute approximate surface area is 257 Å². The summed E-state index contributed by atoms with van der Waals surface area (Å²) in [6, 6.07) is 20.5. The zero-order chi connectivity index (χ0) is 31.8. The lowest BCUT2D eigenvalue weighted by Crippen LogP contribution is -2.39. The standard InChI is InChI=1S/C31H26F2N4O7S/c32-22-3-7-24(8-4-22)35-31(39)20-44-26-11-1-21(2-12-26)18-34-36-30(38)19-37(25-9-5-23(33)6-10-25)45(40,41)27-13-14-28-29(17-27)43-16-15-42-28/h1-14,17-18H,15-16,19-20H2,(H,35,39)(H,36,38)/b34-18-. The lowest BCUT2D eigenvalue weighted by Gasteiger charge is -2.25. The third-order valence-electron chi connectivity index (χ3n) is 6.28. The fourth-order valence-corrected chi connectivity index (χ4v) is 5.54. The first kappa shape index (κ1) is 30.9. The van der Waals surface area contributed by atoms with E-state index in [1.54, 1.807) is 24.3 Å². The molecule has 0 aromatic heterocycles. The minimum Gasteiger partial charge on any atom is -0.486 e. The van der Waals surface area contributed by atoms with Gasteiger partial charge in [0.15, 0.2) is 18.1 Å². The van der Waals surface area contributed by atoms with E-state index < -0.39 is 40.0 Å². The highest BCUT2D eigenvalue weighted by molar-refractivity contribution is 7.92. The fraction of sp³-hybridized carbons (Fsp3) is 0.129. The van der Waals surface area contributed by atoms with E-state index in [0.29, 0.717) is 29.4 Å². The first-order valence-corrected chi connectivity index (χ1v) is 14.9. The van der Waals surface area contributed by atoms with Gasteiger partial charge in [-0.2, -0.15) is 5.10 Å². The fourth-order valence-electron chi connectivity index (χ4n) is 4.11. The number of rotatable bonds is 11. The lowest BCUT2D eigenvalue weighted by atomic mass is 10.2. The van der Waals surface area contributed by atoms with Crippen LogP contribution < -0.4 is 29.3 Å². The lowest BCUT2D eigenvalue weighted by molar-refractivity contribution is -0.119. The average Bonchev–Trinajstić information content (AvgIpc) is 3.04. The smallest absolute Gasteiger partial charge is 0.264 e.